The molecule has 35 heavy (non-hydrogen) atoms. The van der Waals surface area contributed by atoms with Gasteiger partial charge in [0, 0.05) is 37.6 Å². The lowest BCUT2D eigenvalue weighted by Gasteiger charge is -2.32. The number of hydrogen-bond acceptors (Lipinski definition) is 9. The lowest BCUT2D eigenvalue weighted by molar-refractivity contribution is -0.108. The maximum absolute atomic E-state index is 11.5. The highest BCUT2D eigenvalue weighted by atomic mass is 32.2. The maximum atomic E-state index is 11.5. The Morgan fingerprint density at radius 2 is 2.09 bits per heavy atom. The van der Waals surface area contributed by atoms with Gasteiger partial charge >= 0.3 is 0 Å². The van der Waals surface area contributed by atoms with E-state index >= 15 is 0 Å². The van der Waals surface area contributed by atoms with E-state index in [1.165, 1.54) is 0 Å². The van der Waals surface area contributed by atoms with Crippen LogP contribution in [0, 0.1) is 5.92 Å². The van der Waals surface area contributed by atoms with Gasteiger partial charge in [0.1, 0.15) is 0 Å². The van der Waals surface area contributed by atoms with Crippen LogP contribution in [0.4, 0.5) is 10.7 Å². The number of furan rings is 1. The fourth-order valence-corrected chi connectivity index (χ4v) is 4.62. The van der Waals surface area contributed by atoms with E-state index in [2.05, 4.69) is 36.6 Å². The fourth-order valence-electron chi connectivity index (χ4n) is 4.04. The average molecular weight is 493 g/mol. The molecule has 9 nitrogen and oxygen atoms in total. The van der Waals surface area contributed by atoms with Crippen LogP contribution in [0.5, 0.6) is 0 Å². The number of rotatable bonds is 9. The van der Waals surface area contributed by atoms with Crippen LogP contribution in [0.3, 0.4) is 0 Å². The zero-order valence-corrected chi connectivity index (χ0v) is 20.3. The smallest absolute Gasteiger partial charge is 0.289 e. The molecular formula is C25H28N6O3S. The Hall–Kier alpha value is -3.50. The number of imide groups is 1. The summed E-state index contributed by atoms with van der Waals surface area (Å²) in [4.78, 5) is 38.5. The summed E-state index contributed by atoms with van der Waals surface area (Å²) >= 11 is 0.957. The molecule has 182 valence electrons. The van der Waals surface area contributed by atoms with Crippen molar-refractivity contribution in [3.63, 3.8) is 0 Å². The standard InChI is InChI=1S/C25H28N6O3S/c1-18(35-25(33)29-17-32)13-22-4-9-28-24(30-22)31-10-5-19(6-11-31)14-26-15-20-3-2-8-27-23(20)21-7-12-34-16-21/h2-4,7-9,12-13,16-17,19,26H,5-6,10-11,14-15H2,1H3,(H,29,32,33)/b18-13-. The minimum atomic E-state index is -0.417. The molecule has 2 amide bonds. The number of hydrogen-bond donors (Lipinski definition) is 2. The molecule has 3 aromatic rings. The van der Waals surface area contributed by atoms with Gasteiger partial charge in [0.15, 0.2) is 0 Å². The van der Waals surface area contributed by atoms with Crippen molar-refractivity contribution in [1.29, 1.82) is 0 Å². The van der Waals surface area contributed by atoms with Gasteiger partial charge in [-0.1, -0.05) is 6.07 Å². The lowest BCUT2D eigenvalue weighted by Crippen LogP contribution is -2.38. The Morgan fingerprint density at radius 1 is 1.23 bits per heavy atom. The maximum Gasteiger partial charge on any atom is 0.289 e. The van der Waals surface area contributed by atoms with Crippen molar-refractivity contribution in [2.45, 2.75) is 26.3 Å². The van der Waals surface area contributed by atoms with Crippen LogP contribution in [0.15, 0.2) is 58.5 Å². The Morgan fingerprint density at radius 3 is 2.86 bits per heavy atom. The number of amides is 2. The third kappa shape index (κ3) is 7.00. The highest BCUT2D eigenvalue weighted by molar-refractivity contribution is 8.17. The highest BCUT2D eigenvalue weighted by Gasteiger charge is 2.21. The van der Waals surface area contributed by atoms with Gasteiger partial charge in [0.05, 0.1) is 23.9 Å². The largest absolute Gasteiger partial charge is 0.472 e. The van der Waals surface area contributed by atoms with Gasteiger partial charge in [0.2, 0.25) is 12.4 Å². The van der Waals surface area contributed by atoms with Gasteiger partial charge in [0.25, 0.3) is 5.24 Å². The SMILES string of the molecule is C/C(=C/c1ccnc(N2CCC(CNCc3cccnc3-c3ccoc3)CC2)n1)SC(=O)NC=O. The Kier molecular flexibility index (Phi) is 8.63. The molecule has 0 unspecified atom stereocenters. The molecule has 0 radical (unpaired) electrons. The topological polar surface area (TPSA) is 113 Å². The normalized spacial score (nSPS) is 14.7. The van der Waals surface area contributed by atoms with Crippen molar-refractivity contribution in [1.82, 2.24) is 25.6 Å². The van der Waals surface area contributed by atoms with Crippen LogP contribution in [0.1, 0.15) is 31.0 Å². The first kappa shape index (κ1) is 24.6. The molecule has 10 heteroatoms. The Labute approximate surface area is 208 Å². The van der Waals surface area contributed by atoms with Crippen molar-refractivity contribution in [3.05, 3.63) is 65.3 Å². The van der Waals surface area contributed by atoms with Gasteiger partial charge in [-0.15, -0.1) is 0 Å². The molecule has 3 aromatic heterocycles. The molecule has 0 spiro atoms. The molecule has 2 N–H and O–H groups in total. The zero-order valence-electron chi connectivity index (χ0n) is 19.5. The number of nitrogens with one attached hydrogen (secondary N) is 2. The summed E-state index contributed by atoms with van der Waals surface area (Å²) in [7, 11) is 0. The molecule has 0 bridgehead atoms. The molecule has 0 aliphatic carbocycles. The van der Waals surface area contributed by atoms with E-state index in [1.54, 1.807) is 37.9 Å². The first-order valence-corrected chi connectivity index (χ1v) is 12.3. The fraction of sp³-hybridized carbons (Fsp3) is 0.320. The first-order valence-electron chi connectivity index (χ1n) is 11.5. The second-order valence-electron chi connectivity index (χ2n) is 8.27. The van der Waals surface area contributed by atoms with Crippen LogP contribution in [-0.4, -0.2) is 46.2 Å². The average Bonchev–Trinajstić information content (AvgIpc) is 3.40. The van der Waals surface area contributed by atoms with Crippen LogP contribution < -0.4 is 15.5 Å². The summed E-state index contributed by atoms with van der Waals surface area (Å²) in [6.07, 6.45) is 11.2. The second-order valence-corrected chi connectivity index (χ2v) is 9.49. The molecule has 4 heterocycles. The summed E-state index contributed by atoms with van der Waals surface area (Å²) in [6, 6.07) is 7.79. The minimum absolute atomic E-state index is 0.377. The highest BCUT2D eigenvalue weighted by Crippen LogP contribution is 2.24. The lowest BCUT2D eigenvalue weighted by atomic mass is 9.97. The molecule has 0 atom stereocenters. The quantitative estimate of drug-likeness (QED) is 0.426. The van der Waals surface area contributed by atoms with E-state index in [1.807, 2.05) is 18.2 Å². The number of anilines is 1. The number of piperidine rings is 1. The number of pyridine rings is 1. The zero-order chi connectivity index (χ0) is 24.5. The molecule has 1 fully saturated rings. The number of carbonyl (C=O) groups is 2. The minimum Gasteiger partial charge on any atom is -0.472 e. The predicted octanol–water partition coefficient (Wildman–Crippen LogP) is 4.10. The van der Waals surface area contributed by atoms with Gasteiger partial charge in [-0.25, -0.2) is 9.97 Å². The van der Waals surface area contributed by atoms with Crippen molar-refractivity contribution in [2.24, 2.45) is 5.92 Å². The summed E-state index contributed by atoms with van der Waals surface area (Å²) < 4.78 is 5.21. The molecule has 4 rings (SSSR count). The van der Waals surface area contributed by atoms with Crippen LogP contribution in [0.25, 0.3) is 17.3 Å². The first-order chi connectivity index (χ1) is 17.1. The van der Waals surface area contributed by atoms with Crippen molar-refractivity contribution in [2.75, 3.05) is 24.5 Å². The Bertz CT molecular complexity index is 1160. The number of carbonyl (C=O) groups excluding carboxylic acids is 2. The number of nitrogens with zero attached hydrogens (tertiary/aromatic N) is 4. The van der Waals surface area contributed by atoms with Gasteiger partial charge < -0.3 is 14.6 Å². The van der Waals surface area contributed by atoms with E-state index in [9.17, 15) is 9.59 Å². The summed E-state index contributed by atoms with van der Waals surface area (Å²) in [5.41, 5.74) is 3.83. The number of thioether (sulfide) groups is 1. The van der Waals surface area contributed by atoms with Crippen LogP contribution >= 0.6 is 11.8 Å². The monoisotopic (exact) mass is 492 g/mol. The molecule has 1 saturated heterocycles. The van der Waals surface area contributed by atoms with E-state index in [0.29, 0.717) is 18.3 Å². The van der Waals surface area contributed by atoms with Crippen LogP contribution in [-0.2, 0) is 11.3 Å². The van der Waals surface area contributed by atoms with Crippen molar-refractivity contribution < 1.29 is 14.0 Å². The van der Waals surface area contributed by atoms with E-state index in [0.717, 1.165) is 78.2 Å². The number of aromatic nitrogens is 3. The molecular weight excluding hydrogens is 464 g/mol. The van der Waals surface area contributed by atoms with E-state index < -0.39 is 5.24 Å². The molecule has 0 aromatic carbocycles. The van der Waals surface area contributed by atoms with Crippen molar-refractivity contribution in [3.8, 4) is 11.3 Å². The predicted molar refractivity (Wildman–Crippen MR) is 136 cm³/mol. The van der Waals surface area contributed by atoms with Gasteiger partial charge in [-0.2, -0.15) is 0 Å². The van der Waals surface area contributed by atoms with E-state index in [4.69, 9.17) is 4.42 Å². The second kappa shape index (κ2) is 12.3. The number of allylic oxidation sites excluding steroid dienone is 1. The summed E-state index contributed by atoms with van der Waals surface area (Å²) in [5, 5.41) is 5.29. The molecule has 1 aliphatic heterocycles. The van der Waals surface area contributed by atoms with Crippen LogP contribution in [0.2, 0.25) is 0 Å². The summed E-state index contributed by atoms with van der Waals surface area (Å²) in [5.74, 6) is 1.28. The molecule has 0 saturated carbocycles. The Balaban J connectivity index is 1.26. The van der Waals surface area contributed by atoms with Gasteiger partial charge in [-0.3, -0.25) is 19.9 Å². The third-order valence-electron chi connectivity index (χ3n) is 5.78. The van der Waals surface area contributed by atoms with E-state index in [-0.39, 0.29) is 0 Å². The van der Waals surface area contributed by atoms with Crippen molar-refractivity contribution >= 4 is 35.4 Å². The van der Waals surface area contributed by atoms with Gasteiger partial charge in [-0.05, 0) is 78.7 Å². The molecule has 1 aliphatic rings. The summed E-state index contributed by atoms with van der Waals surface area (Å²) in [6.45, 7) is 5.29. The third-order valence-corrected chi connectivity index (χ3v) is 6.52.